The molecule has 0 aliphatic rings. The van der Waals surface area contributed by atoms with E-state index in [9.17, 15) is 8.42 Å². The molecule has 0 fully saturated rings. The summed E-state index contributed by atoms with van der Waals surface area (Å²) >= 11 is 6.94. The molecule has 0 saturated heterocycles. The predicted molar refractivity (Wildman–Crippen MR) is 59.8 cm³/mol. The molecule has 2 N–H and O–H groups in total. The van der Waals surface area contributed by atoms with E-state index in [0.717, 1.165) is 16.0 Å². The second-order valence-corrected chi connectivity index (χ2v) is 5.27. The van der Waals surface area contributed by atoms with E-state index >= 15 is 0 Å². The van der Waals surface area contributed by atoms with Gasteiger partial charge in [0.15, 0.2) is 5.13 Å². The van der Waals surface area contributed by atoms with E-state index in [4.69, 9.17) is 16.2 Å². The van der Waals surface area contributed by atoms with Gasteiger partial charge >= 0.3 is 10.3 Å². The zero-order valence-corrected chi connectivity index (χ0v) is 9.53. The van der Waals surface area contributed by atoms with Crippen molar-refractivity contribution in [3.8, 4) is 0 Å². The maximum absolute atomic E-state index is 10.5. The minimum absolute atomic E-state index is 0.0839. The Morgan fingerprint density at radius 3 is 2.80 bits per heavy atom. The fourth-order valence-electron chi connectivity index (χ4n) is 1.07. The van der Waals surface area contributed by atoms with Crippen LogP contribution in [0, 0.1) is 0 Å². The summed E-state index contributed by atoms with van der Waals surface area (Å²) < 4.78 is 32.3. The molecule has 1 aromatic heterocycles. The second kappa shape index (κ2) is 3.60. The van der Waals surface area contributed by atoms with Crippen LogP contribution in [0.2, 0.25) is 5.02 Å². The smallest absolute Gasteiger partial charge is 0.269 e. The molecule has 0 aliphatic carbocycles. The van der Waals surface area contributed by atoms with Crippen LogP contribution in [0.25, 0.3) is 10.2 Å². The maximum Gasteiger partial charge on any atom is 0.359 e. The summed E-state index contributed by atoms with van der Waals surface area (Å²) in [5, 5.41) is 0.521. The van der Waals surface area contributed by atoms with Gasteiger partial charge in [0.1, 0.15) is 5.52 Å². The Balaban J connectivity index is 2.53. The standard InChI is InChI=1S/C7H5ClN2O3S2/c8-4-2-1-3-5-6(4)9-7(14-5)10-15(11,12)13/h1-3H,(H,9,10)(H,11,12,13). The van der Waals surface area contributed by atoms with Crippen LogP contribution in [0.4, 0.5) is 5.13 Å². The molecule has 0 unspecified atom stereocenters. The molecule has 0 atom stereocenters. The number of nitrogens with zero attached hydrogens (tertiary/aromatic N) is 1. The molecule has 0 spiro atoms. The first-order chi connectivity index (χ1) is 6.96. The topological polar surface area (TPSA) is 79.3 Å². The number of fused-ring (bicyclic) bond motifs is 1. The number of anilines is 1. The highest BCUT2D eigenvalue weighted by atomic mass is 35.5. The lowest BCUT2D eigenvalue weighted by atomic mass is 10.3. The summed E-state index contributed by atoms with van der Waals surface area (Å²) in [6.45, 7) is 0. The SMILES string of the molecule is O=S(=O)(O)Nc1nc2c(Cl)cccc2s1. The Labute approximate surface area is 94.6 Å². The lowest BCUT2D eigenvalue weighted by molar-refractivity contribution is 0.489. The first kappa shape index (κ1) is 10.6. The first-order valence-corrected chi connectivity index (χ1v) is 6.39. The molecule has 80 valence electrons. The molecule has 15 heavy (non-hydrogen) atoms. The summed E-state index contributed by atoms with van der Waals surface area (Å²) in [6, 6.07) is 5.15. The van der Waals surface area contributed by atoms with Crippen molar-refractivity contribution in [3.63, 3.8) is 0 Å². The third kappa shape index (κ3) is 2.37. The fourth-order valence-corrected chi connectivity index (χ4v) is 2.83. The van der Waals surface area contributed by atoms with Gasteiger partial charge in [-0.1, -0.05) is 29.0 Å². The highest BCUT2D eigenvalue weighted by Crippen LogP contribution is 2.30. The molecular formula is C7H5ClN2O3S2. The molecule has 2 rings (SSSR count). The summed E-state index contributed by atoms with van der Waals surface area (Å²) in [4.78, 5) is 3.93. The van der Waals surface area contributed by atoms with Crippen molar-refractivity contribution in [1.82, 2.24) is 4.98 Å². The fraction of sp³-hybridized carbons (Fsp3) is 0. The van der Waals surface area contributed by atoms with Crippen LogP contribution in [-0.4, -0.2) is 18.0 Å². The van der Waals surface area contributed by atoms with Crippen molar-refractivity contribution in [1.29, 1.82) is 0 Å². The highest BCUT2D eigenvalue weighted by molar-refractivity contribution is 7.87. The lowest BCUT2D eigenvalue weighted by Crippen LogP contribution is -2.09. The normalized spacial score (nSPS) is 11.9. The number of aromatic nitrogens is 1. The average molecular weight is 265 g/mol. The van der Waals surface area contributed by atoms with Crippen LogP contribution in [0.15, 0.2) is 18.2 Å². The molecule has 8 heteroatoms. The van der Waals surface area contributed by atoms with Crippen molar-refractivity contribution in [2.75, 3.05) is 4.72 Å². The number of hydrogen-bond donors (Lipinski definition) is 2. The van der Waals surface area contributed by atoms with Gasteiger partial charge in [0.05, 0.1) is 9.72 Å². The number of hydrogen-bond acceptors (Lipinski definition) is 4. The Kier molecular flexibility index (Phi) is 2.55. The Bertz CT molecular complexity index is 608. The number of nitrogens with one attached hydrogen (secondary N) is 1. The van der Waals surface area contributed by atoms with Gasteiger partial charge in [-0.3, -0.25) is 4.55 Å². The zero-order chi connectivity index (χ0) is 11.1. The summed E-state index contributed by atoms with van der Waals surface area (Å²) in [5.41, 5.74) is 0.510. The Morgan fingerprint density at radius 1 is 1.47 bits per heavy atom. The molecule has 0 radical (unpaired) electrons. The molecule has 0 amide bonds. The molecule has 0 aliphatic heterocycles. The highest BCUT2D eigenvalue weighted by Gasteiger charge is 2.10. The lowest BCUT2D eigenvalue weighted by Gasteiger charge is -1.93. The monoisotopic (exact) mass is 264 g/mol. The van der Waals surface area contributed by atoms with Crippen molar-refractivity contribution >= 4 is 48.6 Å². The maximum atomic E-state index is 10.5. The van der Waals surface area contributed by atoms with Gasteiger partial charge in [0.25, 0.3) is 0 Å². The zero-order valence-electron chi connectivity index (χ0n) is 7.14. The van der Waals surface area contributed by atoms with Gasteiger partial charge in [-0.05, 0) is 12.1 Å². The largest absolute Gasteiger partial charge is 0.359 e. The van der Waals surface area contributed by atoms with Crippen LogP contribution in [0.1, 0.15) is 0 Å². The van der Waals surface area contributed by atoms with E-state index in [1.165, 1.54) is 0 Å². The van der Waals surface area contributed by atoms with Crippen molar-refractivity contribution in [2.45, 2.75) is 0 Å². The third-order valence-corrected chi connectivity index (χ3v) is 3.41. The van der Waals surface area contributed by atoms with Crippen molar-refractivity contribution in [3.05, 3.63) is 23.2 Å². The average Bonchev–Trinajstić information content (AvgIpc) is 2.45. The molecule has 1 aromatic carbocycles. The number of rotatable bonds is 2. The van der Waals surface area contributed by atoms with E-state index in [0.29, 0.717) is 10.5 Å². The van der Waals surface area contributed by atoms with Crippen LogP contribution >= 0.6 is 22.9 Å². The number of benzene rings is 1. The van der Waals surface area contributed by atoms with Gasteiger partial charge in [0, 0.05) is 0 Å². The summed E-state index contributed by atoms with van der Waals surface area (Å²) in [6.07, 6.45) is 0. The van der Waals surface area contributed by atoms with E-state index in [-0.39, 0.29) is 5.13 Å². The molecule has 0 bridgehead atoms. The van der Waals surface area contributed by atoms with Gasteiger partial charge in [-0.2, -0.15) is 8.42 Å². The summed E-state index contributed by atoms with van der Waals surface area (Å²) in [5.74, 6) is 0. The van der Waals surface area contributed by atoms with E-state index < -0.39 is 10.3 Å². The molecule has 5 nitrogen and oxygen atoms in total. The van der Waals surface area contributed by atoms with E-state index in [2.05, 4.69) is 4.98 Å². The van der Waals surface area contributed by atoms with Crippen LogP contribution in [-0.2, 0) is 10.3 Å². The molecular weight excluding hydrogens is 260 g/mol. The van der Waals surface area contributed by atoms with Gasteiger partial charge in [-0.15, -0.1) is 0 Å². The number of para-hydroxylation sites is 1. The number of thiazole rings is 1. The Hall–Kier alpha value is -0.890. The van der Waals surface area contributed by atoms with E-state index in [1.807, 2.05) is 4.72 Å². The summed E-state index contributed by atoms with van der Waals surface area (Å²) in [7, 11) is -4.28. The minimum atomic E-state index is -4.28. The quantitative estimate of drug-likeness (QED) is 0.815. The molecule has 2 aromatic rings. The molecule has 0 saturated carbocycles. The van der Waals surface area contributed by atoms with Crippen molar-refractivity contribution in [2.24, 2.45) is 0 Å². The molecule has 1 heterocycles. The van der Waals surface area contributed by atoms with Crippen LogP contribution < -0.4 is 4.72 Å². The van der Waals surface area contributed by atoms with E-state index in [1.54, 1.807) is 18.2 Å². The second-order valence-electron chi connectivity index (χ2n) is 2.68. The number of halogens is 1. The Morgan fingerprint density at radius 2 is 2.20 bits per heavy atom. The van der Waals surface area contributed by atoms with Gasteiger partial charge < -0.3 is 0 Å². The minimum Gasteiger partial charge on any atom is -0.269 e. The predicted octanol–water partition coefficient (Wildman–Crippen LogP) is 2.16. The van der Waals surface area contributed by atoms with Gasteiger partial charge in [0.2, 0.25) is 0 Å². The first-order valence-electron chi connectivity index (χ1n) is 3.76. The van der Waals surface area contributed by atoms with Gasteiger partial charge in [-0.25, -0.2) is 9.71 Å². The van der Waals surface area contributed by atoms with Crippen LogP contribution in [0.5, 0.6) is 0 Å². The third-order valence-electron chi connectivity index (χ3n) is 1.59. The van der Waals surface area contributed by atoms with Crippen LogP contribution in [0.3, 0.4) is 0 Å². The van der Waals surface area contributed by atoms with Crippen molar-refractivity contribution < 1.29 is 13.0 Å².